The monoisotopic (exact) mass is 369 g/mol. The van der Waals surface area contributed by atoms with E-state index in [1.54, 1.807) is 31.4 Å². The van der Waals surface area contributed by atoms with E-state index in [0.717, 1.165) is 19.3 Å². The molecule has 27 heavy (non-hydrogen) atoms. The van der Waals surface area contributed by atoms with E-state index < -0.39 is 18.0 Å². The second kappa shape index (κ2) is 8.58. The summed E-state index contributed by atoms with van der Waals surface area (Å²) in [5.74, 6) is 0.332. The lowest BCUT2D eigenvalue weighted by molar-refractivity contribution is -0.155. The molecule has 1 aliphatic carbocycles. The Balaban J connectivity index is 1.45. The molecule has 1 atom stereocenters. The highest BCUT2D eigenvalue weighted by Crippen LogP contribution is 2.26. The third kappa shape index (κ3) is 5.00. The lowest BCUT2D eigenvalue weighted by Gasteiger charge is -2.14. The van der Waals surface area contributed by atoms with Gasteiger partial charge in [-0.25, -0.2) is 4.79 Å². The highest BCUT2D eigenvalue weighted by atomic mass is 16.6. The molecule has 0 saturated carbocycles. The van der Waals surface area contributed by atoms with E-state index in [0.29, 0.717) is 17.2 Å². The van der Waals surface area contributed by atoms with Gasteiger partial charge in [0.1, 0.15) is 11.5 Å². The van der Waals surface area contributed by atoms with Gasteiger partial charge in [0.25, 0.3) is 5.91 Å². The number of methoxy groups -OCH3 is 1. The fraction of sp³-hybridized carbons (Fsp3) is 0.333. The molecule has 0 saturated heterocycles. The van der Waals surface area contributed by atoms with E-state index in [1.807, 2.05) is 18.2 Å². The van der Waals surface area contributed by atoms with E-state index in [4.69, 9.17) is 14.2 Å². The van der Waals surface area contributed by atoms with Gasteiger partial charge in [0.15, 0.2) is 12.7 Å². The zero-order valence-electron chi connectivity index (χ0n) is 15.5. The maximum Gasteiger partial charge on any atom is 0.344 e. The van der Waals surface area contributed by atoms with E-state index >= 15 is 0 Å². The van der Waals surface area contributed by atoms with Crippen molar-refractivity contribution in [3.8, 4) is 11.5 Å². The predicted molar refractivity (Wildman–Crippen MR) is 101 cm³/mol. The first-order valence-corrected chi connectivity index (χ1v) is 8.94. The number of carbonyl (C=O) groups excluding carboxylic acids is 2. The summed E-state index contributed by atoms with van der Waals surface area (Å²) >= 11 is 0. The van der Waals surface area contributed by atoms with Gasteiger partial charge in [0.2, 0.25) is 0 Å². The number of fused-ring (bicyclic) bond motifs is 1. The van der Waals surface area contributed by atoms with Crippen LogP contribution < -0.4 is 14.8 Å². The largest absolute Gasteiger partial charge is 0.497 e. The SMILES string of the molecule is COc1ccc(NC(=O)[C@@H](C)OC(=O)COc2ccc3c(c2)CCC3)cc1. The van der Waals surface area contributed by atoms with Gasteiger partial charge in [-0.2, -0.15) is 0 Å². The van der Waals surface area contributed by atoms with E-state index in [-0.39, 0.29) is 6.61 Å². The van der Waals surface area contributed by atoms with Crippen LogP contribution in [0.4, 0.5) is 5.69 Å². The molecule has 0 spiro atoms. The number of rotatable bonds is 7. The van der Waals surface area contributed by atoms with Crippen LogP contribution in [0, 0.1) is 0 Å². The average molecular weight is 369 g/mol. The second-order valence-corrected chi connectivity index (χ2v) is 6.42. The maximum absolute atomic E-state index is 12.1. The predicted octanol–water partition coefficient (Wildman–Crippen LogP) is 3.13. The minimum Gasteiger partial charge on any atom is -0.497 e. The summed E-state index contributed by atoms with van der Waals surface area (Å²) in [5, 5.41) is 2.69. The molecule has 6 heteroatoms. The lowest BCUT2D eigenvalue weighted by Crippen LogP contribution is -2.31. The molecule has 2 aromatic carbocycles. The lowest BCUT2D eigenvalue weighted by atomic mass is 10.1. The third-order valence-electron chi connectivity index (χ3n) is 4.46. The number of anilines is 1. The fourth-order valence-corrected chi connectivity index (χ4v) is 2.98. The Hall–Kier alpha value is -3.02. The Morgan fingerprint density at radius 2 is 1.74 bits per heavy atom. The standard InChI is InChI=1S/C21H23NO5/c1-14(21(24)22-17-7-10-18(25-2)11-8-17)27-20(23)13-26-19-9-6-15-4-3-5-16(15)12-19/h6-12,14H,3-5,13H2,1-2H3,(H,22,24)/t14-/m1/s1. The molecule has 2 aromatic rings. The summed E-state index contributed by atoms with van der Waals surface area (Å²) in [6, 6.07) is 12.7. The maximum atomic E-state index is 12.1. The molecule has 142 valence electrons. The van der Waals surface area contributed by atoms with Crippen LogP contribution in [0.15, 0.2) is 42.5 Å². The first kappa shape index (κ1) is 18.8. The van der Waals surface area contributed by atoms with Gasteiger partial charge in [-0.05, 0) is 73.7 Å². The van der Waals surface area contributed by atoms with E-state index in [9.17, 15) is 9.59 Å². The third-order valence-corrected chi connectivity index (χ3v) is 4.46. The zero-order chi connectivity index (χ0) is 19.2. The number of hydrogen-bond donors (Lipinski definition) is 1. The van der Waals surface area contributed by atoms with Gasteiger partial charge in [-0.15, -0.1) is 0 Å². The molecule has 0 fully saturated rings. The van der Waals surface area contributed by atoms with Crippen LogP contribution in [-0.2, 0) is 27.2 Å². The molecular weight excluding hydrogens is 346 g/mol. The number of aryl methyl sites for hydroxylation is 2. The van der Waals surface area contributed by atoms with Gasteiger partial charge >= 0.3 is 5.97 Å². The number of hydrogen-bond acceptors (Lipinski definition) is 5. The normalized spacial score (nSPS) is 13.4. The molecule has 1 amide bonds. The van der Waals surface area contributed by atoms with Crippen molar-refractivity contribution in [1.29, 1.82) is 0 Å². The average Bonchev–Trinajstić information content (AvgIpc) is 3.14. The Kier molecular flexibility index (Phi) is 5.96. The van der Waals surface area contributed by atoms with Crippen molar-refractivity contribution in [2.45, 2.75) is 32.3 Å². The van der Waals surface area contributed by atoms with Crippen molar-refractivity contribution in [1.82, 2.24) is 0 Å². The molecule has 0 radical (unpaired) electrons. The molecule has 1 N–H and O–H groups in total. The Morgan fingerprint density at radius 1 is 1.04 bits per heavy atom. The smallest absolute Gasteiger partial charge is 0.344 e. The van der Waals surface area contributed by atoms with Crippen molar-refractivity contribution in [2.75, 3.05) is 19.0 Å². The zero-order valence-corrected chi connectivity index (χ0v) is 15.5. The second-order valence-electron chi connectivity index (χ2n) is 6.42. The Bertz CT molecular complexity index is 816. The molecule has 0 aromatic heterocycles. The summed E-state index contributed by atoms with van der Waals surface area (Å²) in [6.07, 6.45) is 2.36. The van der Waals surface area contributed by atoms with Crippen LogP contribution in [0.2, 0.25) is 0 Å². The number of esters is 1. The van der Waals surface area contributed by atoms with Crippen molar-refractivity contribution >= 4 is 17.6 Å². The van der Waals surface area contributed by atoms with Gasteiger partial charge < -0.3 is 19.5 Å². The number of carbonyl (C=O) groups is 2. The van der Waals surface area contributed by atoms with Gasteiger partial charge in [0, 0.05) is 5.69 Å². The first-order valence-electron chi connectivity index (χ1n) is 8.94. The molecule has 0 unspecified atom stereocenters. The summed E-state index contributed by atoms with van der Waals surface area (Å²) in [5.41, 5.74) is 3.21. The Morgan fingerprint density at radius 3 is 2.48 bits per heavy atom. The van der Waals surface area contributed by atoms with Crippen molar-refractivity contribution < 1.29 is 23.8 Å². The molecule has 0 bridgehead atoms. The van der Waals surface area contributed by atoms with Gasteiger partial charge in [-0.1, -0.05) is 6.07 Å². The van der Waals surface area contributed by atoms with Crippen molar-refractivity contribution in [3.05, 3.63) is 53.6 Å². The molecule has 3 rings (SSSR count). The molecule has 1 aliphatic rings. The first-order chi connectivity index (χ1) is 13.0. The van der Waals surface area contributed by atoms with Crippen molar-refractivity contribution in [3.63, 3.8) is 0 Å². The molecule has 0 aliphatic heterocycles. The molecule has 6 nitrogen and oxygen atoms in total. The molecule has 0 heterocycles. The summed E-state index contributed by atoms with van der Waals surface area (Å²) < 4.78 is 15.7. The van der Waals surface area contributed by atoms with Crippen LogP contribution in [0.1, 0.15) is 24.5 Å². The van der Waals surface area contributed by atoms with Crippen LogP contribution in [-0.4, -0.2) is 31.7 Å². The summed E-state index contributed by atoms with van der Waals surface area (Å²) in [7, 11) is 1.57. The summed E-state index contributed by atoms with van der Waals surface area (Å²) in [4.78, 5) is 24.1. The van der Waals surface area contributed by atoms with Gasteiger partial charge in [-0.3, -0.25) is 4.79 Å². The number of benzene rings is 2. The quantitative estimate of drug-likeness (QED) is 0.759. The number of nitrogens with one attached hydrogen (secondary N) is 1. The van der Waals surface area contributed by atoms with Crippen LogP contribution >= 0.6 is 0 Å². The summed E-state index contributed by atoms with van der Waals surface area (Å²) in [6.45, 7) is 1.28. The minimum absolute atomic E-state index is 0.237. The highest BCUT2D eigenvalue weighted by Gasteiger charge is 2.19. The van der Waals surface area contributed by atoms with E-state index in [1.165, 1.54) is 18.1 Å². The Labute approximate surface area is 158 Å². The topological polar surface area (TPSA) is 73.9 Å². The van der Waals surface area contributed by atoms with Crippen LogP contribution in [0.5, 0.6) is 11.5 Å². The van der Waals surface area contributed by atoms with E-state index in [2.05, 4.69) is 5.32 Å². The highest BCUT2D eigenvalue weighted by molar-refractivity contribution is 5.95. The van der Waals surface area contributed by atoms with Gasteiger partial charge in [0.05, 0.1) is 7.11 Å². The van der Waals surface area contributed by atoms with Crippen LogP contribution in [0.25, 0.3) is 0 Å². The fourth-order valence-electron chi connectivity index (χ4n) is 2.98. The van der Waals surface area contributed by atoms with Crippen molar-refractivity contribution in [2.24, 2.45) is 0 Å². The molecular formula is C21H23NO5. The number of amides is 1. The minimum atomic E-state index is -0.928. The number of ether oxygens (including phenoxy) is 3. The van der Waals surface area contributed by atoms with Crippen LogP contribution in [0.3, 0.4) is 0 Å².